The average molecular weight is 805 g/mol. The molecule has 0 aromatic heterocycles. The molecule has 2 fully saturated rings. The first-order valence-corrected chi connectivity index (χ1v) is 16.3. The van der Waals surface area contributed by atoms with Crippen molar-refractivity contribution in [2.24, 2.45) is 0 Å². The van der Waals surface area contributed by atoms with Gasteiger partial charge in [-0.05, 0) is 23.7 Å². The van der Waals surface area contributed by atoms with Gasteiger partial charge in [0.1, 0.15) is 11.5 Å². The maximum absolute atomic E-state index is 12.9. The summed E-state index contributed by atoms with van der Waals surface area (Å²) in [6.07, 6.45) is -18.0. The molecule has 1 aromatic carbocycles. The normalized spacial score (nSPS) is 27.1. The van der Waals surface area contributed by atoms with Gasteiger partial charge in [-0.1, -0.05) is 0 Å². The maximum Gasteiger partial charge on any atom is 0.339 e. The molecule has 3 rings (SSSR count). The van der Waals surface area contributed by atoms with Gasteiger partial charge in [-0.3, -0.25) is 33.6 Å². The van der Waals surface area contributed by atoms with Crippen molar-refractivity contribution in [2.75, 3.05) is 14.2 Å². The summed E-state index contributed by atoms with van der Waals surface area (Å²) < 4.78 is 64.7. The molecule has 0 N–H and O–H groups in total. The Labute approximate surface area is 316 Å². The van der Waals surface area contributed by atoms with Crippen LogP contribution in [0.3, 0.4) is 0 Å². The number of carbonyl (C=O) groups is 9. The van der Waals surface area contributed by atoms with Crippen LogP contribution in [0.15, 0.2) is 18.2 Å². The number of methoxy groups -OCH3 is 2. The Kier molecular flexibility index (Phi) is 15.3. The molecule has 2 heterocycles. The van der Waals surface area contributed by atoms with E-state index in [4.69, 9.17) is 68.4 Å². The lowest BCUT2D eigenvalue weighted by Gasteiger charge is -2.43. The first-order valence-electron chi connectivity index (χ1n) is 15.9. The van der Waals surface area contributed by atoms with E-state index in [0.29, 0.717) is 0 Å². The second-order valence-electron chi connectivity index (χ2n) is 11.5. The average Bonchev–Trinajstić information content (AvgIpc) is 3.07. The fourth-order valence-electron chi connectivity index (χ4n) is 5.44. The summed E-state index contributed by atoms with van der Waals surface area (Å²) >= 11 is 5.84. The third-order valence-corrected chi connectivity index (χ3v) is 7.53. The zero-order chi connectivity index (χ0) is 41.3. The molecule has 2 saturated heterocycles. The smallest absolute Gasteiger partial charge is 0.339 e. The number of carbonyl (C=O) groups excluding carboxylic acids is 9. The highest BCUT2D eigenvalue weighted by Crippen LogP contribution is 2.36. The zero-order valence-corrected chi connectivity index (χ0v) is 31.2. The number of hydrogen-bond donors (Lipinski definition) is 0. The number of hydrogen-bond acceptors (Lipinski definition) is 21. The van der Waals surface area contributed by atoms with Crippen LogP contribution in [-0.4, -0.2) is 129 Å². The highest BCUT2D eigenvalue weighted by atomic mass is 35.5. The Morgan fingerprint density at radius 3 is 1.20 bits per heavy atom. The molecule has 0 saturated carbocycles. The van der Waals surface area contributed by atoms with E-state index in [9.17, 15) is 43.2 Å². The van der Waals surface area contributed by atoms with Gasteiger partial charge < -0.3 is 56.8 Å². The van der Waals surface area contributed by atoms with Gasteiger partial charge in [0.2, 0.25) is 24.8 Å². The standard InChI is InChI=1S/C33H37ClO21/c1-12(35)46-21-23(48-14(3)37)27(50-16(5)39)32(54-25(21)30(42)44-7)52-18-9-10-19(29(34)41)20(11-18)53-33-28(51-17(6)40)24(49-15(4)38)22(47-13(2)36)26(55-33)31(43)45-8/h9-11,21-28,32-33H,1-8H3/t21-,22-,23-,24-,25-,26-,27+,28+,32+,33+/m0/s1. The van der Waals surface area contributed by atoms with E-state index < -0.39 is 120 Å². The van der Waals surface area contributed by atoms with E-state index in [2.05, 4.69) is 0 Å². The number of rotatable bonds is 13. The molecule has 0 amide bonds. The van der Waals surface area contributed by atoms with E-state index in [1.165, 1.54) is 0 Å². The van der Waals surface area contributed by atoms with Gasteiger partial charge in [-0.15, -0.1) is 0 Å². The lowest BCUT2D eigenvalue weighted by molar-refractivity contribution is -0.283. The third-order valence-electron chi connectivity index (χ3n) is 7.33. The molecule has 2 aliphatic heterocycles. The maximum atomic E-state index is 12.9. The first-order chi connectivity index (χ1) is 25.8. The Morgan fingerprint density at radius 1 is 0.509 bits per heavy atom. The van der Waals surface area contributed by atoms with Gasteiger partial charge >= 0.3 is 47.8 Å². The molecule has 302 valence electrons. The summed E-state index contributed by atoms with van der Waals surface area (Å²) in [6.45, 7) is 5.89. The summed E-state index contributed by atoms with van der Waals surface area (Å²) in [5.41, 5.74) is -0.388. The summed E-state index contributed by atoms with van der Waals surface area (Å²) in [5.74, 6) is -8.83. The summed E-state index contributed by atoms with van der Waals surface area (Å²) in [6, 6.07) is 3.21. The highest BCUT2D eigenvalue weighted by molar-refractivity contribution is 6.68. The number of halogens is 1. The number of esters is 8. The van der Waals surface area contributed by atoms with Gasteiger partial charge in [0.05, 0.1) is 19.8 Å². The Bertz CT molecular complexity index is 1680. The minimum atomic E-state index is -1.95. The van der Waals surface area contributed by atoms with Crippen molar-refractivity contribution in [3.8, 4) is 11.5 Å². The molecule has 0 unspecified atom stereocenters. The van der Waals surface area contributed by atoms with E-state index in [1.54, 1.807) is 0 Å². The van der Waals surface area contributed by atoms with E-state index >= 15 is 0 Å². The summed E-state index contributed by atoms with van der Waals surface area (Å²) in [4.78, 5) is 111. The van der Waals surface area contributed by atoms with Crippen LogP contribution in [0.1, 0.15) is 51.9 Å². The molecule has 0 radical (unpaired) electrons. The minimum absolute atomic E-state index is 0.298. The fourth-order valence-corrected chi connectivity index (χ4v) is 5.60. The Balaban J connectivity index is 2.16. The van der Waals surface area contributed by atoms with Gasteiger partial charge in [-0.25, -0.2) is 9.59 Å². The van der Waals surface area contributed by atoms with Crippen molar-refractivity contribution in [1.82, 2.24) is 0 Å². The second-order valence-corrected chi connectivity index (χ2v) is 11.9. The quantitative estimate of drug-likeness (QED) is 0.146. The van der Waals surface area contributed by atoms with E-state index in [-0.39, 0.29) is 11.3 Å². The monoisotopic (exact) mass is 804 g/mol. The molecular formula is C33H37ClO21. The van der Waals surface area contributed by atoms with E-state index in [0.717, 1.165) is 74.0 Å². The molecule has 55 heavy (non-hydrogen) atoms. The molecule has 0 bridgehead atoms. The Hall–Kier alpha value is -5.54. The van der Waals surface area contributed by atoms with Crippen LogP contribution in [0.25, 0.3) is 0 Å². The predicted molar refractivity (Wildman–Crippen MR) is 173 cm³/mol. The lowest BCUT2D eigenvalue weighted by atomic mass is 9.97. The molecule has 21 nitrogen and oxygen atoms in total. The van der Waals surface area contributed by atoms with Crippen molar-refractivity contribution in [3.05, 3.63) is 23.8 Å². The summed E-state index contributed by atoms with van der Waals surface area (Å²) in [7, 11) is 1.95. The van der Waals surface area contributed by atoms with Crippen LogP contribution in [0.5, 0.6) is 11.5 Å². The van der Waals surface area contributed by atoms with Crippen molar-refractivity contribution in [3.63, 3.8) is 0 Å². The largest absolute Gasteiger partial charge is 0.467 e. The van der Waals surface area contributed by atoms with Crippen LogP contribution < -0.4 is 9.47 Å². The van der Waals surface area contributed by atoms with Crippen LogP contribution in [0, 0.1) is 0 Å². The predicted octanol–water partition coefficient (Wildman–Crippen LogP) is 0.209. The Morgan fingerprint density at radius 2 is 0.855 bits per heavy atom. The lowest BCUT2D eigenvalue weighted by Crippen LogP contribution is -2.64. The number of benzene rings is 1. The molecule has 0 spiro atoms. The minimum Gasteiger partial charge on any atom is -0.467 e. The topological polar surface area (TPSA) is 264 Å². The zero-order valence-electron chi connectivity index (χ0n) is 30.5. The molecule has 2 aliphatic rings. The van der Waals surface area contributed by atoms with Crippen LogP contribution >= 0.6 is 11.6 Å². The van der Waals surface area contributed by atoms with Crippen LogP contribution in [0.4, 0.5) is 0 Å². The van der Waals surface area contributed by atoms with Crippen molar-refractivity contribution in [2.45, 2.75) is 103 Å². The van der Waals surface area contributed by atoms with Crippen LogP contribution in [-0.2, 0) is 85.7 Å². The van der Waals surface area contributed by atoms with Gasteiger partial charge in [0, 0.05) is 47.6 Å². The van der Waals surface area contributed by atoms with Crippen molar-refractivity contribution < 1.29 is 100.0 Å². The van der Waals surface area contributed by atoms with Crippen molar-refractivity contribution >= 4 is 64.6 Å². The van der Waals surface area contributed by atoms with Gasteiger partial charge in [-0.2, -0.15) is 0 Å². The SMILES string of the molecule is COC(=O)[C@H]1O[C@@H](Oc2ccc(C(=O)Cl)c(O[C@@H]3O[C@H](C(=O)OC)[C@@H](OC(C)=O)[C@H](OC(C)=O)[C@H]3OC(C)=O)c2)[C@H](OC(C)=O)[C@@H](OC(C)=O)[C@@H]1OC(C)=O. The molecule has 10 atom stereocenters. The first kappa shape index (κ1) is 43.9. The highest BCUT2D eigenvalue weighted by Gasteiger charge is 2.57. The molecular weight excluding hydrogens is 768 g/mol. The van der Waals surface area contributed by atoms with Gasteiger partial charge in [0.25, 0.3) is 5.24 Å². The third kappa shape index (κ3) is 11.5. The second kappa shape index (κ2) is 19.2. The molecule has 22 heteroatoms. The van der Waals surface area contributed by atoms with E-state index in [1.807, 2.05) is 0 Å². The summed E-state index contributed by atoms with van der Waals surface area (Å²) in [5, 5.41) is -1.13. The number of ether oxygens (including phenoxy) is 12. The van der Waals surface area contributed by atoms with Crippen LogP contribution in [0.2, 0.25) is 0 Å². The van der Waals surface area contributed by atoms with Gasteiger partial charge in [0.15, 0.2) is 36.6 Å². The fraction of sp³-hybridized carbons (Fsp3) is 0.545. The van der Waals surface area contributed by atoms with Crippen molar-refractivity contribution in [1.29, 1.82) is 0 Å². The molecule has 0 aliphatic carbocycles. The molecule has 1 aromatic rings.